The summed E-state index contributed by atoms with van der Waals surface area (Å²) in [7, 11) is 0. The van der Waals surface area contributed by atoms with Crippen molar-refractivity contribution in [3.8, 4) is 0 Å². The third kappa shape index (κ3) is 4.45. The third-order valence-electron chi connectivity index (χ3n) is 3.51. The van der Waals surface area contributed by atoms with Crippen molar-refractivity contribution in [2.45, 2.75) is 52.9 Å². The van der Waals surface area contributed by atoms with Gasteiger partial charge < -0.3 is 0 Å². The summed E-state index contributed by atoms with van der Waals surface area (Å²) in [6.07, 6.45) is 5.28. The van der Waals surface area contributed by atoms with Crippen LogP contribution >= 0.6 is 11.6 Å². The average Bonchev–Trinajstić information content (AvgIpc) is 2.37. The Labute approximate surface area is 116 Å². The summed E-state index contributed by atoms with van der Waals surface area (Å²) in [4.78, 5) is 12.2. The lowest BCUT2D eigenvalue weighted by atomic mass is 9.91. The molecule has 0 aliphatic heterocycles. The molecule has 1 unspecified atom stereocenters. The minimum atomic E-state index is 0.222. The van der Waals surface area contributed by atoms with Crippen LogP contribution in [-0.4, -0.2) is 5.78 Å². The number of benzene rings is 1. The van der Waals surface area contributed by atoms with Gasteiger partial charge >= 0.3 is 0 Å². The van der Waals surface area contributed by atoms with Gasteiger partial charge in [0.1, 0.15) is 0 Å². The molecule has 18 heavy (non-hydrogen) atoms. The molecule has 0 saturated heterocycles. The van der Waals surface area contributed by atoms with Gasteiger partial charge in [-0.15, -0.1) is 0 Å². The van der Waals surface area contributed by atoms with Crippen LogP contribution in [0.2, 0.25) is 5.02 Å². The molecule has 0 saturated carbocycles. The van der Waals surface area contributed by atoms with Gasteiger partial charge in [0.25, 0.3) is 0 Å². The number of Topliss-reactive ketones (excluding diaryl/α,β-unsaturated/α-hetero) is 1. The van der Waals surface area contributed by atoms with E-state index in [1.54, 1.807) is 6.07 Å². The van der Waals surface area contributed by atoms with Crippen LogP contribution in [-0.2, 0) is 0 Å². The average molecular weight is 267 g/mol. The molecule has 1 nitrogen and oxygen atoms in total. The fourth-order valence-corrected chi connectivity index (χ4v) is 2.27. The van der Waals surface area contributed by atoms with Gasteiger partial charge in [0.05, 0.1) is 0 Å². The summed E-state index contributed by atoms with van der Waals surface area (Å²) in [5.41, 5.74) is 1.77. The zero-order valence-corrected chi connectivity index (χ0v) is 12.4. The number of carbonyl (C=O) groups excluding carboxylic acids is 1. The number of hydrogen-bond donors (Lipinski definition) is 0. The normalized spacial score (nSPS) is 12.4. The number of ketones is 1. The second-order valence-electron chi connectivity index (χ2n) is 5.01. The number of carbonyl (C=O) groups is 1. The lowest BCUT2D eigenvalue weighted by Crippen LogP contribution is -2.08. The topological polar surface area (TPSA) is 17.1 Å². The van der Waals surface area contributed by atoms with E-state index in [0.717, 1.165) is 24.0 Å². The van der Waals surface area contributed by atoms with Crippen molar-refractivity contribution in [1.29, 1.82) is 0 Å². The molecule has 1 rings (SSSR count). The minimum absolute atomic E-state index is 0.222. The van der Waals surface area contributed by atoms with Crippen LogP contribution in [0.3, 0.4) is 0 Å². The number of hydrogen-bond acceptors (Lipinski definition) is 1. The first-order chi connectivity index (χ1) is 8.58. The number of unbranched alkanes of at least 4 members (excludes halogenated alkanes) is 1. The second-order valence-corrected chi connectivity index (χ2v) is 5.41. The van der Waals surface area contributed by atoms with Crippen LogP contribution in [0.25, 0.3) is 0 Å². The van der Waals surface area contributed by atoms with E-state index in [1.807, 2.05) is 19.1 Å². The fourth-order valence-electron chi connectivity index (χ4n) is 2.09. The van der Waals surface area contributed by atoms with Gasteiger partial charge in [0.2, 0.25) is 0 Å². The zero-order valence-electron chi connectivity index (χ0n) is 11.6. The summed E-state index contributed by atoms with van der Waals surface area (Å²) in [5, 5.41) is 0.683. The molecule has 1 aromatic carbocycles. The van der Waals surface area contributed by atoms with E-state index in [2.05, 4.69) is 13.8 Å². The van der Waals surface area contributed by atoms with E-state index in [9.17, 15) is 4.79 Å². The molecule has 0 aliphatic rings. The maximum Gasteiger partial charge on any atom is 0.163 e. The molecular formula is C16H23ClO. The highest BCUT2D eigenvalue weighted by molar-refractivity contribution is 6.31. The summed E-state index contributed by atoms with van der Waals surface area (Å²) >= 11 is 6.06. The van der Waals surface area contributed by atoms with Gasteiger partial charge in [-0.25, -0.2) is 0 Å². The van der Waals surface area contributed by atoms with Crippen LogP contribution in [0, 0.1) is 12.8 Å². The molecular weight excluding hydrogens is 244 g/mol. The molecule has 0 heterocycles. The number of halogens is 1. The van der Waals surface area contributed by atoms with Crippen LogP contribution in [0.1, 0.15) is 61.9 Å². The van der Waals surface area contributed by atoms with Gasteiger partial charge in [0, 0.05) is 17.0 Å². The third-order valence-corrected chi connectivity index (χ3v) is 3.92. The van der Waals surface area contributed by atoms with E-state index in [1.165, 1.54) is 12.8 Å². The van der Waals surface area contributed by atoms with Gasteiger partial charge in [-0.1, -0.05) is 63.3 Å². The molecule has 1 atom stereocenters. The summed E-state index contributed by atoms with van der Waals surface area (Å²) in [5.74, 6) is 0.734. The SMILES string of the molecule is CCCCC(CC)CC(=O)c1ccc(C)c(Cl)c1. The highest BCUT2D eigenvalue weighted by atomic mass is 35.5. The second kappa shape index (κ2) is 7.58. The Morgan fingerprint density at radius 3 is 2.61 bits per heavy atom. The molecule has 2 heteroatoms. The standard InChI is InChI=1S/C16H23ClO/c1-4-6-7-13(5-2)10-16(18)14-9-8-12(3)15(17)11-14/h8-9,11,13H,4-7,10H2,1-3H3. The number of aryl methyl sites for hydroxylation is 1. The predicted octanol–water partition coefficient (Wildman–Crippen LogP) is 5.44. The highest BCUT2D eigenvalue weighted by Crippen LogP contribution is 2.22. The summed E-state index contributed by atoms with van der Waals surface area (Å²) in [6.45, 7) is 6.30. The van der Waals surface area contributed by atoms with Crippen LogP contribution in [0.4, 0.5) is 0 Å². The van der Waals surface area contributed by atoms with E-state index >= 15 is 0 Å². The van der Waals surface area contributed by atoms with Crippen molar-refractivity contribution in [3.63, 3.8) is 0 Å². The molecule has 100 valence electrons. The van der Waals surface area contributed by atoms with E-state index in [0.29, 0.717) is 17.4 Å². The Kier molecular flexibility index (Phi) is 6.42. The van der Waals surface area contributed by atoms with Crippen molar-refractivity contribution < 1.29 is 4.79 Å². The largest absolute Gasteiger partial charge is 0.294 e. The van der Waals surface area contributed by atoms with Crippen molar-refractivity contribution in [1.82, 2.24) is 0 Å². The monoisotopic (exact) mass is 266 g/mol. The van der Waals surface area contributed by atoms with Gasteiger partial charge in [-0.05, 0) is 24.5 Å². The van der Waals surface area contributed by atoms with E-state index in [-0.39, 0.29) is 5.78 Å². The maximum absolute atomic E-state index is 12.2. The molecule has 0 spiro atoms. The highest BCUT2D eigenvalue weighted by Gasteiger charge is 2.14. The van der Waals surface area contributed by atoms with Gasteiger partial charge in [0.15, 0.2) is 5.78 Å². The zero-order chi connectivity index (χ0) is 13.5. The first kappa shape index (κ1) is 15.2. The van der Waals surface area contributed by atoms with Crippen molar-refractivity contribution in [2.75, 3.05) is 0 Å². The molecule has 0 aliphatic carbocycles. The van der Waals surface area contributed by atoms with Gasteiger partial charge in [-0.2, -0.15) is 0 Å². The Morgan fingerprint density at radius 1 is 1.33 bits per heavy atom. The van der Waals surface area contributed by atoms with Crippen LogP contribution < -0.4 is 0 Å². The first-order valence-electron chi connectivity index (χ1n) is 6.87. The van der Waals surface area contributed by atoms with Crippen LogP contribution in [0.5, 0.6) is 0 Å². The predicted molar refractivity (Wildman–Crippen MR) is 78.4 cm³/mol. The molecule has 0 N–H and O–H groups in total. The van der Waals surface area contributed by atoms with E-state index < -0.39 is 0 Å². The Balaban J connectivity index is 2.65. The van der Waals surface area contributed by atoms with E-state index in [4.69, 9.17) is 11.6 Å². The summed E-state index contributed by atoms with van der Waals surface area (Å²) in [6, 6.07) is 5.60. The van der Waals surface area contributed by atoms with Crippen LogP contribution in [0.15, 0.2) is 18.2 Å². The molecule has 0 fully saturated rings. The molecule has 0 amide bonds. The minimum Gasteiger partial charge on any atom is -0.294 e. The Hall–Kier alpha value is -0.820. The van der Waals surface area contributed by atoms with Gasteiger partial charge in [-0.3, -0.25) is 4.79 Å². The maximum atomic E-state index is 12.2. The number of rotatable bonds is 7. The lowest BCUT2D eigenvalue weighted by molar-refractivity contribution is 0.0957. The van der Waals surface area contributed by atoms with Crippen molar-refractivity contribution in [2.24, 2.45) is 5.92 Å². The summed E-state index contributed by atoms with van der Waals surface area (Å²) < 4.78 is 0. The smallest absolute Gasteiger partial charge is 0.163 e. The Bertz CT molecular complexity index is 398. The van der Waals surface area contributed by atoms with Crippen molar-refractivity contribution >= 4 is 17.4 Å². The first-order valence-corrected chi connectivity index (χ1v) is 7.25. The Morgan fingerprint density at radius 2 is 2.06 bits per heavy atom. The fraction of sp³-hybridized carbons (Fsp3) is 0.562. The lowest BCUT2D eigenvalue weighted by Gasteiger charge is -2.13. The molecule has 1 aromatic rings. The molecule has 0 radical (unpaired) electrons. The van der Waals surface area contributed by atoms with Crippen molar-refractivity contribution in [3.05, 3.63) is 34.3 Å². The molecule has 0 aromatic heterocycles. The quantitative estimate of drug-likeness (QED) is 0.601. The molecule has 0 bridgehead atoms.